The van der Waals surface area contributed by atoms with E-state index >= 15 is 0 Å². The van der Waals surface area contributed by atoms with Crippen molar-refractivity contribution in [1.82, 2.24) is 4.98 Å². The van der Waals surface area contributed by atoms with Crippen molar-refractivity contribution < 1.29 is 14.3 Å². The highest BCUT2D eigenvalue weighted by Gasteiger charge is 2.22. The lowest BCUT2D eigenvalue weighted by atomic mass is 9.77. The SMILES string of the molecule is CC1(C)CC=C(c2ccc3oc4nc(N)c(C(=O)O)cc4c(=O)c3c2)CC1. The Bertz CT molecular complexity index is 1190. The Kier molecular flexibility index (Phi) is 3.80. The molecule has 3 aromatic rings. The summed E-state index contributed by atoms with van der Waals surface area (Å²) < 4.78 is 5.71. The normalized spacial score (nSPS) is 16.4. The van der Waals surface area contributed by atoms with E-state index in [1.165, 1.54) is 11.6 Å². The second kappa shape index (κ2) is 5.94. The molecular formula is C21H20N2O4. The zero-order chi connectivity index (χ0) is 19.3. The van der Waals surface area contributed by atoms with Crippen LogP contribution in [0.25, 0.3) is 27.6 Å². The van der Waals surface area contributed by atoms with Crippen molar-refractivity contribution in [2.45, 2.75) is 33.1 Å². The summed E-state index contributed by atoms with van der Waals surface area (Å²) in [5.41, 5.74) is 8.11. The van der Waals surface area contributed by atoms with Gasteiger partial charge in [-0.2, -0.15) is 4.98 Å². The van der Waals surface area contributed by atoms with Crippen LogP contribution in [0.5, 0.6) is 0 Å². The number of rotatable bonds is 2. The molecule has 6 nitrogen and oxygen atoms in total. The summed E-state index contributed by atoms with van der Waals surface area (Å²) in [7, 11) is 0. The van der Waals surface area contributed by atoms with Crippen molar-refractivity contribution in [2.24, 2.45) is 5.41 Å². The van der Waals surface area contributed by atoms with Gasteiger partial charge < -0.3 is 15.3 Å². The molecule has 27 heavy (non-hydrogen) atoms. The van der Waals surface area contributed by atoms with E-state index in [0.717, 1.165) is 24.8 Å². The summed E-state index contributed by atoms with van der Waals surface area (Å²) in [6.45, 7) is 4.50. The molecule has 6 heteroatoms. The number of nitrogens with zero attached hydrogens (tertiary/aromatic N) is 1. The Balaban J connectivity index is 1.91. The molecule has 0 amide bonds. The lowest BCUT2D eigenvalue weighted by Crippen LogP contribution is -2.14. The minimum atomic E-state index is -1.23. The minimum Gasteiger partial charge on any atom is -0.478 e. The predicted molar refractivity (Wildman–Crippen MR) is 105 cm³/mol. The van der Waals surface area contributed by atoms with Crippen LogP contribution in [0.3, 0.4) is 0 Å². The van der Waals surface area contributed by atoms with E-state index in [0.29, 0.717) is 16.4 Å². The Morgan fingerprint density at radius 2 is 2.04 bits per heavy atom. The summed E-state index contributed by atoms with van der Waals surface area (Å²) in [5.74, 6) is -1.41. The molecule has 0 radical (unpaired) electrons. The molecule has 0 spiro atoms. The van der Waals surface area contributed by atoms with Crippen LogP contribution >= 0.6 is 0 Å². The highest BCUT2D eigenvalue weighted by atomic mass is 16.4. The van der Waals surface area contributed by atoms with Gasteiger partial charge in [-0.05, 0) is 54.0 Å². The fraction of sp³-hybridized carbons (Fsp3) is 0.286. The molecule has 2 heterocycles. The molecule has 1 aromatic carbocycles. The number of anilines is 1. The molecule has 1 aliphatic carbocycles. The van der Waals surface area contributed by atoms with E-state index < -0.39 is 5.97 Å². The van der Waals surface area contributed by atoms with Crippen LogP contribution in [0.4, 0.5) is 5.82 Å². The maximum absolute atomic E-state index is 13.0. The number of hydrogen-bond acceptors (Lipinski definition) is 5. The number of aromatic nitrogens is 1. The summed E-state index contributed by atoms with van der Waals surface area (Å²) in [4.78, 5) is 28.2. The van der Waals surface area contributed by atoms with E-state index in [9.17, 15) is 14.7 Å². The topological polar surface area (TPSA) is 106 Å². The third-order valence-electron chi connectivity index (χ3n) is 5.27. The number of benzene rings is 1. The molecule has 3 N–H and O–H groups in total. The second-order valence-electron chi connectivity index (χ2n) is 7.82. The average Bonchev–Trinajstić information content (AvgIpc) is 2.61. The van der Waals surface area contributed by atoms with Gasteiger partial charge in [0.1, 0.15) is 17.0 Å². The average molecular weight is 364 g/mol. The third kappa shape index (κ3) is 2.97. The van der Waals surface area contributed by atoms with E-state index in [1.54, 1.807) is 6.07 Å². The number of allylic oxidation sites excluding steroid dienone is 2. The quantitative estimate of drug-likeness (QED) is 0.660. The van der Waals surface area contributed by atoms with Crippen molar-refractivity contribution in [1.29, 1.82) is 0 Å². The second-order valence-corrected chi connectivity index (χ2v) is 7.82. The first kappa shape index (κ1) is 17.3. The molecule has 1 aliphatic rings. The molecule has 4 rings (SSSR count). The van der Waals surface area contributed by atoms with Crippen LogP contribution < -0.4 is 11.2 Å². The summed E-state index contributed by atoms with van der Waals surface area (Å²) >= 11 is 0. The molecule has 0 saturated carbocycles. The molecule has 0 bridgehead atoms. The zero-order valence-corrected chi connectivity index (χ0v) is 15.2. The zero-order valence-electron chi connectivity index (χ0n) is 15.2. The van der Waals surface area contributed by atoms with Gasteiger partial charge in [-0.15, -0.1) is 0 Å². The van der Waals surface area contributed by atoms with Gasteiger partial charge in [-0.1, -0.05) is 26.0 Å². The Hall–Kier alpha value is -3.15. The van der Waals surface area contributed by atoms with Crippen LogP contribution in [0.1, 0.15) is 49.0 Å². The molecule has 0 unspecified atom stereocenters. The number of fused-ring (bicyclic) bond motifs is 2. The first-order valence-electron chi connectivity index (χ1n) is 8.85. The van der Waals surface area contributed by atoms with Gasteiger partial charge in [0.05, 0.1) is 10.8 Å². The predicted octanol–water partition coefficient (Wildman–Crippen LogP) is 4.22. The largest absolute Gasteiger partial charge is 0.478 e. The Labute approximate surface area is 155 Å². The van der Waals surface area contributed by atoms with Gasteiger partial charge in [-0.3, -0.25) is 4.79 Å². The highest BCUT2D eigenvalue weighted by Crippen LogP contribution is 2.38. The number of nitrogens with two attached hydrogens (primary N) is 1. The van der Waals surface area contributed by atoms with Gasteiger partial charge in [0.2, 0.25) is 11.1 Å². The maximum Gasteiger partial charge on any atom is 0.339 e. The van der Waals surface area contributed by atoms with Crippen molar-refractivity contribution in [3.05, 3.63) is 51.7 Å². The monoisotopic (exact) mass is 364 g/mol. The number of carboxylic acids is 1. The molecule has 2 aromatic heterocycles. The number of nitrogen functional groups attached to an aromatic ring is 1. The lowest BCUT2D eigenvalue weighted by molar-refractivity contribution is 0.0698. The summed E-state index contributed by atoms with van der Waals surface area (Å²) in [5, 5.41) is 9.75. The van der Waals surface area contributed by atoms with Gasteiger partial charge in [0.25, 0.3) is 0 Å². The summed E-state index contributed by atoms with van der Waals surface area (Å²) in [6.07, 6.45) is 5.28. The van der Waals surface area contributed by atoms with E-state index in [4.69, 9.17) is 10.2 Å². The smallest absolute Gasteiger partial charge is 0.339 e. The molecule has 0 fully saturated rings. The number of carbonyl (C=O) groups is 1. The Morgan fingerprint density at radius 1 is 1.26 bits per heavy atom. The van der Waals surface area contributed by atoms with Gasteiger partial charge >= 0.3 is 5.97 Å². The van der Waals surface area contributed by atoms with Crippen molar-refractivity contribution in [3.63, 3.8) is 0 Å². The van der Waals surface area contributed by atoms with Crippen LogP contribution in [0.15, 0.2) is 39.6 Å². The maximum atomic E-state index is 13.0. The molecular weight excluding hydrogens is 344 g/mol. The molecule has 0 atom stereocenters. The van der Waals surface area contributed by atoms with Crippen molar-refractivity contribution >= 4 is 39.4 Å². The van der Waals surface area contributed by atoms with Crippen molar-refractivity contribution in [3.8, 4) is 0 Å². The minimum absolute atomic E-state index is 0.0429. The fourth-order valence-electron chi connectivity index (χ4n) is 3.51. The lowest BCUT2D eigenvalue weighted by Gasteiger charge is -2.28. The van der Waals surface area contributed by atoms with Crippen LogP contribution in [-0.2, 0) is 0 Å². The van der Waals surface area contributed by atoms with E-state index in [-0.39, 0.29) is 27.9 Å². The van der Waals surface area contributed by atoms with Gasteiger partial charge in [-0.25, -0.2) is 4.79 Å². The van der Waals surface area contributed by atoms with Crippen LogP contribution in [-0.4, -0.2) is 16.1 Å². The molecule has 0 aliphatic heterocycles. The fourth-order valence-corrected chi connectivity index (χ4v) is 3.51. The van der Waals surface area contributed by atoms with E-state index in [1.807, 2.05) is 12.1 Å². The Morgan fingerprint density at radius 3 is 2.70 bits per heavy atom. The molecule has 138 valence electrons. The first-order valence-corrected chi connectivity index (χ1v) is 8.85. The van der Waals surface area contributed by atoms with Crippen LogP contribution in [0.2, 0.25) is 0 Å². The number of hydrogen-bond donors (Lipinski definition) is 2. The first-order chi connectivity index (χ1) is 12.7. The number of pyridine rings is 1. The summed E-state index contributed by atoms with van der Waals surface area (Å²) in [6, 6.07) is 6.76. The number of aromatic carboxylic acids is 1. The highest BCUT2D eigenvalue weighted by molar-refractivity contribution is 5.98. The van der Waals surface area contributed by atoms with Crippen LogP contribution in [0, 0.1) is 5.41 Å². The third-order valence-corrected chi connectivity index (χ3v) is 5.27. The van der Waals surface area contributed by atoms with Gasteiger partial charge in [0, 0.05) is 0 Å². The number of carboxylic acid groups (broad SMARTS) is 1. The van der Waals surface area contributed by atoms with Crippen molar-refractivity contribution in [2.75, 3.05) is 5.73 Å². The van der Waals surface area contributed by atoms with Gasteiger partial charge in [0.15, 0.2) is 0 Å². The standard InChI is InChI=1S/C21H20N2O4/c1-21(2)7-5-11(6-8-21)12-3-4-16-13(9-12)17(24)14-10-15(20(25)26)18(22)23-19(14)27-16/h3-5,9-10H,6-8H2,1-2H3,(H2,22,23)(H,25,26). The molecule has 0 saturated heterocycles. The van der Waals surface area contributed by atoms with E-state index in [2.05, 4.69) is 24.9 Å².